The monoisotopic (exact) mass is 500 g/mol. The maximum absolute atomic E-state index is 13.1. The molecule has 0 spiro atoms. The van der Waals surface area contributed by atoms with E-state index in [4.69, 9.17) is 0 Å². The predicted octanol–water partition coefficient (Wildman–Crippen LogP) is 4.64. The number of pyridine rings is 1. The van der Waals surface area contributed by atoms with Crippen LogP contribution in [0.4, 0.5) is 0 Å². The molecule has 5 rings (SSSR count). The number of para-hydroxylation sites is 1. The lowest BCUT2D eigenvalue weighted by Gasteiger charge is -2.38. The van der Waals surface area contributed by atoms with Gasteiger partial charge in [-0.3, -0.25) is 9.78 Å². The fourth-order valence-electron chi connectivity index (χ4n) is 4.85. The molecule has 3 aromatic carbocycles. The molecule has 184 valence electrons. The molecule has 2 heterocycles. The van der Waals surface area contributed by atoms with Gasteiger partial charge in [0, 0.05) is 30.2 Å². The number of hydrogen-bond donors (Lipinski definition) is 1. The molecule has 0 saturated carbocycles. The normalized spacial score (nSPS) is 15.7. The molecule has 1 N–H and O–H groups in total. The van der Waals surface area contributed by atoms with E-state index in [1.165, 1.54) is 0 Å². The quantitative estimate of drug-likeness (QED) is 0.431. The minimum atomic E-state index is -3.62. The second kappa shape index (κ2) is 9.48. The highest BCUT2D eigenvalue weighted by atomic mass is 32.2. The molecule has 6 nitrogen and oxygen atoms in total. The number of hydrogen-bond acceptors (Lipinski definition) is 5. The third-order valence-electron chi connectivity index (χ3n) is 6.92. The molecule has 1 aromatic heterocycles. The summed E-state index contributed by atoms with van der Waals surface area (Å²) in [5.74, 6) is -0.293. The highest BCUT2D eigenvalue weighted by molar-refractivity contribution is 7.90. The summed E-state index contributed by atoms with van der Waals surface area (Å²) in [6.45, 7) is 2.90. The van der Waals surface area contributed by atoms with Crippen molar-refractivity contribution in [2.75, 3.05) is 13.1 Å². The number of aliphatic hydroxyl groups is 1. The van der Waals surface area contributed by atoms with Gasteiger partial charge in [-0.1, -0.05) is 60.2 Å². The van der Waals surface area contributed by atoms with E-state index in [0.717, 1.165) is 16.5 Å². The molecule has 1 aliphatic heterocycles. The molecular weight excluding hydrogens is 472 g/mol. The van der Waals surface area contributed by atoms with Gasteiger partial charge in [-0.05, 0) is 55.2 Å². The lowest BCUT2D eigenvalue weighted by Crippen LogP contribution is -2.45. The summed E-state index contributed by atoms with van der Waals surface area (Å²) in [6, 6.07) is 23.4. The van der Waals surface area contributed by atoms with Gasteiger partial charge in [0.25, 0.3) is 5.91 Å². The predicted molar refractivity (Wildman–Crippen MR) is 139 cm³/mol. The molecule has 1 amide bonds. The first-order valence-corrected chi connectivity index (χ1v) is 13.6. The van der Waals surface area contributed by atoms with Gasteiger partial charge in [0.15, 0.2) is 9.84 Å². The van der Waals surface area contributed by atoms with Crippen LogP contribution in [0.1, 0.15) is 39.9 Å². The molecule has 1 aliphatic rings. The van der Waals surface area contributed by atoms with Crippen molar-refractivity contribution < 1.29 is 18.3 Å². The van der Waals surface area contributed by atoms with E-state index in [2.05, 4.69) is 4.98 Å². The highest BCUT2D eigenvalue weighted by Crippen LogP contribution is 2.33. The van der Waals surface area contributed by atoms with Crippen LogP contribution in [0.5, 0.6) is 0 Å². The van der Waals surface area contributed by atoms with Crippen LogP contribution in [0.2, 0.25) is 0 Å². The third-order valence-corrected chi connectivity index (χ3v) is 8.63. The summed E-state index contributed by atoms with van der Waals surface area (Å²) in [5, 5.41) is 11.9. The zero-order valence-electron chi connectivity index (χ0n) is 20.1. The molecule has 0 aliphatic carbocycles. The number of carbonyl (C=O) groups is 1. The number of fused-ring (bicyclic) bond motifs is 1. The molecule has 0 atom stereocenters. The number of nitrogens with zero attached hydrogens (tertiary/aromatic N) is 2. The standard InChI is InChI=1S/C29H28N2O4S/c1-21-5-2-8-25(19-21)29(33)14-17-31(18-15-29)28(32)24-12-10-22(11-13-24)20-36(34,35)26-9-3-6-23-7-4-16-30-27(23)26/h2-13,16,19,33H,14-15,17-18,20H2,1H3. The van der Waals surface area contributed by atoms with Crippen LogP contribution in [-0.4, -0.2) is 42.4 Å². The van der Waals surface area contributed by atoms with Gasteiger partial charge in [-0.2, -0.15) is 0 Å². The van der Waals surface area contributed by atoms with Gasteiger partial charge in [0.2, 0.25) is 0 Å². The average molecular weight is 501 g/mol. The van der Waals surface area contributed by atoms with Crippen molar-refractivity contribution in [2.45, 2.75) is 36.0 Å². The molecule has 0 radical (unpaired) electrons. The van der Waals surface area contributed by atoms with E-state index in [-0.39, 0.29) is 16.6 Å². The van der Waals surface area contributed by atoms with Crippen LogP contribution in [0, 0.1) is 6.92 Å². The van der Waals surface area contributed by atoms with Crippen LogP contribution >= 0.6 is 0 Å². The number of amides is 1. The number of carbonyl (C=O) groups excluding carboxylic acids is 1. The van der Waals surface area contributed by atoms with Crippen molar-refractivity contribution in [1.29, 1.82) is 0 Å². The first kappa shape index (κ1) is 24.2. The van der Waals surface area contributed by atoms with Gasteiger partial charge in [0.1, 0.15) is 0 Å². The summed E-state index contributed by atoms with van der Waals surface area (Å²) in [6.07, 6.45) is 2.53. The molecule has 1 saturated heterocycles. The number of benzene rings is 3. The average Bonchev–Trinajstić information content (AvgIpc) is 2.88. The van der Waals surface area contributed by atoms with Crippen molar-refractivity contribution in [3.8, 4) is 0 Å². The van der Waals surface area contributed by atoms with E-state index in [9.17, 15) is 18.3 Å². The van der Waals surface area contributed by atoms with Crippen LogP contribution in [-0.2, 0) is 21.2 Å². The Morgan fingerprint density at radius 2 is 1.67 bits per heavy atom. The number of sulfone groups is 1. The van der Waals surface area contributed by atoms with Gasteiger partial charge in [-0.15, -0.1) is 0 Å². The second-order valence-corrected chi connectivity index (χ2v) is 11.4. The summed E-state index contributed by atoms with van der Waals surface area (Å²) in [5.41, 5.74) is 2.62. The van der Waals surface area contributed by atoms with Gasteiger partial charge in [0.05, 0.1) is 21.8 Å². The van der Waals surface area contributed by atoms with Crippen molar-refractivity contribution in [3.63, 3.8) is 0 Å². The molecule has 0 bridgehead atoms. The van der Waals surface area contributed by atoms with Crippen LogP contribution in [0.3, 0.4) is 0 Å². The molecule has 1 fully saturated rings. The Balaban J connectivity index is 1.27. The third kappa shape index (κ3) is 4.76. The van der Waals surface area contributed by atoms with Crippen LogP contribution in [0.15, 0.2) is 90.0 Å². The minimum Gasteiger partial charge on any atom is -0.385 e. The van der Waals surface area contributed by atoms with E-state index in [0.29, 0.717) is 42.6 Å². The molecule has 7 heteroatoms. The Morgan fingerprint density at radius 1 is 0.972 bits per heavy atom. The summed E-state index contributed by atoms with van der Waals surface area (Å²) < 4.78 is 26.3. The van der Waals surface area contributed by atoms with Crippen LogP contribution in [0.25, 0.3) is 10.9 Å². The van der Waals surface area contributed by atoms with E-state index in [1.807, 2.05) is 43.3 Å². The van der Waals surface area contributed by atoms with Crippen molar-refractivity contribution in [3.05, 3.63) is 107 Å². The fraction of sp³-hybridized carbons (Fsp3) is 0.241. The summed E-state index contributed by atoms with van der Waals surface area (Å²) >= 11 is 0. The highest BCUT2D eigenvalue weighted by Gasteiger charge is 2.35. The van der Waals surface area contributed by atoms with Gasteiger partial charge >= 0.3 is 0 Å². The summed E-state index contributed by atoms with van der Waals surface area (Å²) in [7, 11) is -3.62. The lowest BCUT2D eigenvalue weighted by atomic mass is 9.83. The Labute approximate surface area is 211 Å². The lowest BCUT2D eigenvalue weighted by molar-refractivity contribution is -0.0211. The maximum atomic E-state index is 13.1. The Kier molecular flexibility index (Phi) is 6.36. The van der Waals surface area contributed by atoms with E-state index in [1.54, 1.807) is 53.6 Å². The first-order chi connectivity index (χ1) is 17.2. The minimum absolute atomic E-state index is 0.117. The van der Waals surface area contributed by atoms with Crippen LogP contribution < -0.4 is 0 Å². The topological polar surface area (TPSA) is 87.6 Å². The molecule has 4 aromatic rings. The molecule has 0 unspecified atom stereocenters. The smallest absolute Gasteiger partial charge is 0.253 e. The maximum Gasteiger partial charge on any atom is 0.253 e. The summed E-state index contributed by atoms with van der Waals surface area (Å²) in [4.78, 5) is 19.3. The Morgan fingerprint density at radius 3 is 2.39 bits per heavy atom. The number of aromatic nitrogens is 1. The Hall–Kier alpha value is -3.55. The SMILES string of the molecule is Cc1cccc(C2(O)CCN(C(=O)c3ccc(CS(=O)(=O)c4cccc5cccnc45)cc3)CC2)c1. The second-order valence-electron chi connectivity index (χ2n) is 9.48. The number of likely N-dealkylation sites (tertiary alicyclic amines) is 1. The van der Waals surface area contributed by atoms with E-state index >= 15 is 0 Å². The molecular formula is C29H28N2O4S. The van der Waals surface area contributed by atoms with Crippen molar-refractivity contribution in [1.82, 2.24) is 9.88 Å². The zero-order chi connectivity index (χ0) is 25.3. The largest absolute Gasteiger partial charge is 0.385 e. The first-order valence-electron chi connectivity index (χ1n) is 12.0. The zero-order valence-corrected chi connectivity index (χ0v) is 20.9. The number of piperidine rings is 1. The molecule has 36 heavy (non-hydrogen) atoms. The number of aryl methyl sites for hydroxylation is 1. The van der Waals surface area contributed by atoms with Crippen molar-refractivity contribution >= 4 is 26.6 Å². The van der Waals surface area contributed by atoms with E-state index < -0.39 is 15.4 Å². The Bertz CT molecular complexity index is 1520. The van der Waals surface area contributed by atoms with Gasteiger partial charge in [-0.25, -0.2) is 8.42 Å². The number of rotatable bonds is 5. The fourth-order valence-corrected chi connectivity index (χ4v) is 6.39. The van der Waals surface area contributed by atoms with Crippen molar-refractivity contribution in [2.24, 2.45) is 0 Å². The van der Waals surface area contributed by atoms with Gasteiger partial charge < -0.3 is 10.0 Å².